The van der Waals surface area contributed by atoms with Crippen molar-refractivity contribution in [1.82, 2.24) is 5.32 Å². The molecule has 0 unspecified atom stereocenters. The molecule has 114 valence electrons. The van der Waals surface area contributed by atoms with Gasteiger partial charge in [0.25, 0.3) is 0 Å². The fourth-order valence-corrected chi connectivity index (χ4v) is 2.78. The lowest BCUT2D eigenvalue weighted by Gasteiger charge is -2.16. The van der Waals surface area contributed by atoms with Gasteiger partial charge < -0.3 is 5.32 Å². The van der Waals surface area contributed by atoms with Crippen molar-refractivity contribution in [3.8, 4) is 0 Å². The topological polar surface area (TPSA) is 29.1 Å². The van der Waals surface area contributed by atoms with Crippen LogP contribution in [0, 0.1) is 5.82 Å². The summed E-state index contributed by atoms with van der Waals surface area (Å²) in [4.78, 5) is 12.0. The molecule has 1 aliphatic rings. The van der Waals surface area contributed by atoms with Gasteiger partial charge in [-0.25, -0.2) is 4.39 Å². The zero-order chi connectivity index (χ0) is 15.4. The molecule has 1 fully saturated rings. The first kappa shape index (κ1) is 14.8. The van der Waals surface area contributed by atoms with E-state index < -0.39 is 0 Å². The molecule has 0 aromatic heterocycles. The van der Waals surface area contributed by atoms with Crippen molar-refractivity contribution in [2.75, 3.05) is 6.54 Å². The number of amides is 1. The van der Waals surface area contributed by atoms with Crippen LogP contribution < -0.4 is 5.32 Å². The summed E-state index contributed by atoms with van der Waals surface area (Å²) in [5, 5.41) is 3.05. The van der Waals surface area contributed by atoms with Gasteiger partial charge in [-0.15, -0.1) is 0 Å². The molecule has 0 radical (unpaired) electrons. The normalized spacial score (nSPS) is 15.3. The molecule has 2 aromatic rings. The van der Waals surface area contributed by atoms with Crippen LogP contribution in [0.4, 0.5) is 4.39 Å². The second kappa shape index (κ2) is 6.30. The summed E-state index contributed by atoms with van der Waals surface area (Å²) in [5.74, 6) is -0.182. The summed E-state index contributed by atoms with van der Waals surface area (Å²) in [5.41, 5.74) is 2.45. The molecule has 1 amide bonds. The molecule has 2 aromatic carbocycles. The molecule has 0 bridgehead atoms. The van der Waals surface area contributed by atoms with E-state index >= 15 is 0 Å². The Bertz CT molecular complexity index is 632. The lowest BCUT2D eigenvalue weighted by atomic mass is 9.96. The summed E-state index contributed by atoms with van der Waals surface area (Å²) in [6, 6.07) is 16.7. The molecule has 3 heteroatoms. The van der Waals surface area contributed by atoms with Crippen LogP contribution in [0.5, 0.6) is 0 Å². The van der Waals surface area contributed by atoms with E-state index in [1.165, 1.54) is 17.7 Å². The van der Waals surface area contributed by atoms with Crippen molar-refractivity contribution >= 4 is 5.91 Å². The molecule has 0 heterocycles. The van der Waals surface area contributed by atoms with E-state index in [1.807, 2.05) is 18.2 Å². The predicted octanol–water partition coefficient (Wildman–Crippen LogP) is 3.61. The van der Waals surface area contributed by atoms with Gasteiger partial charge in [0.15, 0.2) is 0 Å². The Hall–Kier alpha value is -2.16. The quantitative estimate of drug-likeness (QED) is 0.867. The Morgan fingerprint density at radius 1 is 1.05 bits per heavy atom. The molecule has 1 saturated carbocycles. The largest absolute Gasteiger partial charge is 0.355 e. The number of halogens is 1. The first-order valence-corrected chi connectivity index (χ1v) is 7.75. The number of aryl methyl sites for hydroxylation is 1. The summed E-state index contributed by atoms with van der Waals surface area (Å²) < 4.78 is 12.8. The van der Waals surface area contributed by atoms with Gasteiger partial charge in [0.1, 0.15) is 5.82 Å². The highest BCUT2D eigenvalue weighted by Gasteiger charge is 2.44. The van der Waals surface area contributed by atoms with Crippen molar-refractivity contribution in [3.05, 3.63) is 71.5 Å². The summed E-state index contributed by atoms with van der Waals surface area (Å²) in [6.07, 6.45) is 3.35. The van der Waals surface area contributed by atoms with Crippen molar-refractivity contribution in [2.24, 2.45) is 0 Å². The van der Waals surface area contributed by atoms with Crippen LogP contribution in [-0.4, -0.2) is 12.5 Å². The minimum Gasteiger partial charge on any atom is -0.355 e. The lowest BCUT2D eigenvalue weighted by Crippen LogP contribution is -2.32. The molecule has 22 heavy (non-hydrogen) atoms. The molecule has 0 aliphatic heterocycles. The number of rotatable bonds is 6. The number of hydrogen-bond donors (Lipinski definition) is 1. The fraction of sp³-hybridized carbons (Fsp3) is 0.316. The van der Waals surface area contributed by atoms with E-state index in [2.05, 4.69) is 17.4 Å². The van der Waals surface area contributed by atoms with E-state index in [9.17, 15) is 9.18 Å². The molecular formula is C19H20FNO. The third kappa shape index (κ3) is 3.53. The second-order valence-corrected chi connectivity index (χ2v) is 6.05. The van der Waals surface area contributed by atoms with Gasteiger partial charge in [0, 0.05) is 18.4 Å². The van der Waals surface area contributed by atoms with E-state index in [1.54, 1.807) is 12.1 Å². The maximum atomic E-state index is 12.8. The zero-order valence-electron chi connectivity index (χ0n) is 12.5. The first-order chi connectivity index (χ1) is 10.7. The fourth-order valence-electron chi connectivity index (χ4n) is 2.78. The molecular weight excluding hydrogens is 277 g/mol. The first-order valence-electron chi connectivity index (χ1n) is 7.75. The monoisotopic (exact) mass is 297 g/mol. The zero-order valence-corrected chi connectivity index (χ0v) is 12.5. The van der Waals surface area contributed by atoms with E-state index in [4.69, 9.17) is 0 Å². The molecule has 1 N–H and O–H groups in total. The van der Waals surface area contributed by atoms with Crippen LogP contribution in [0.2, 0.25) is 0 Å². The highest BCUT2D eigenvalue weighted by molar-refractivity contribution is 5.76. The van der Waals surface area contributed by atoms with Crippen LogP contribution in [0.25, 0.3) is 0 Å². The smallest absolute Gasteiger partial charge is 0.220 e. The van der Waals surface area contributed by atoms with E-state index in [0.717, 1.165) is 18.4 Å². The van der Waals surface area contributed by atoms with Crippen LogP contribution in [0.15, 0.2) is 54.6 Å². The molecule has 3 rings (SSSR count). The Morgan fingerprint density at radius 2 is 1.73 bits per heavy atom. The average molecular weight is 297 g/mol. The minimum absolute atomic E-state index is 0.0616. The van der Waals surface area contributed by atoms with Crippen LogP contribution >= 0.6 is 0 Å². The van der Waals surface area contributed by atoms with Crippen LogP contribution in [-0.2, 0) is 16.6 Å². The number of carbonyl (C=O) groups is 1. The number of nitrogens with one attached hydrogen (secondary N) is 1. The average Bonchev–Trinajstić information content (AvgIpc) is 3.34. The molecule has 1 aliphatic carbocycles. The van der Waals surface area contributed by atoms with Gasteiger partial charge >= 0.3 is 0 Å². The molecule has 0 saturated heterocycles. The Morgan fingerprint density at radius 3 is 2.36 bits per heavy atom. The summed E-state index contributed by atoms with van der Waals surface area (Å²) in [7, 11) is 0. The van der Waals surface area contributed by atoms with Crippen molar-refractivity contribution in [1.29, 1.82) is 0 Å². The molecule has 0 spiro atoms. The number of carbonyl (C=O) groups excluding carboxylic acids is 1. The van der Waals surface area contributed by atoms with Crippen LogP contribution in [0.1, 0.15) is 30.4 Å². The number of hydrogen-bond acceptors (Lipinski definition) is 1. The molecule has 0 atom stereocenters. The highest BCUT2D eigenvalue weighted by atomic mass is 19.1. The van der Waals surface area contributed by atoms with Crippen LogP contribution in [0.3, 0.4) is 0 Å². The summed E-state index contributed by atoms with van der Waals surface area (Å²) >= 11 is 0. The highest BCUT2D eigenvalue weighted by Crippen LogP contribution is 2.47. The van der Waals surface area contributed by atoms with E-state index in [0.29, 0.717) is 19.4 Å². The SMILES string of the molecule is O=C(CCc1ccc(F)cc1)NCC1(c2ccccc2)CC1. The van der Waals surface area contributed by atoms with Gasteiger partial charge in [-0.3, -0.25) is 4.79 Å². The second-order valence-electron chi connectivity index (χ2n) is 6.05. The maximum absolute atomic E-state index is 12.8. The lowest BCUT2D eigenvalue weighted by molar-refractivity contribution is -0.121. The number of benzene rings is 2. The summed E-state index contributed by atoms with van der Waals surface area (Å²) in [6.45, 7) is 0.708. The predicted molar refractivity (Wildman–Crippen MR) is 85.1 cm³/mol. The van der Waals surface area contributed by atoms with E-state index in [-0.39, 0.29) is 17.1 Å². The Kier molecular flexibility index (Phi) is 4.23. The third-order valence-electron chi connectivity index (χ3n) is 4.42. The van der Waals surface area contributed by atoms with Gasteiger partial charge in [0.05, 0.1) is 0 Å². The third-order valence-corrected chi connectivity index (χ3v) is 4.42. The Labute approximate surface area is 130 Å². The van der Waals surface area contributed by atoms with Gasteiger partial charge in [-0.2, -0.15) is 0 Å². The van der Waals surface area contributed by atoms with Crippen molar-refractivity contribution < 1.29 is 9.18 Å². The Balaban J connectivity index is 1.48. The van der Waals surface area contributed by atoms with Crippen molar-refractivity contribution in [3.63, 3.8) is 0 Å². The van der Waals surface area contributed by atoms with Gasteiger partial charge in [-0.05, 0) is 42.5 Å². The van der Waals surface area contributed by atoms with Gasteiger partial charge in [-0.1, -0.05) is 42.5 Å². The van der Waals surface area contributed by atoms with Crippen molar-refractivity contribution in [2.45, 2.75) is 31.1 Å². The van der Waals surface area contributed by atoms with Gasteiger partial charge in [0.2, 0.25) is 5.91 Å². The molecule has 2 nitrogen and oxygen atoms in total. The standard InChI is InChI=1S/C19H20FNO/c20-17-9-6-15(7-10-17)8-11-18(22)21-14-19(12-13-19)16-4-2-1-3-5-16/h1-7,9-10H,8,11-14H2,(H,21,22). The minimum atomic E-state index is -0.244. The maximum Gasteiger partial charge on any atom is 0.220 e.